The Morgan fingerprint density at radius 3 is 2.91 bits per heavy atom. The van der Waals surface area contributed by atoms with Crippen LogP contribution in [0.15, 0.2) is 48.8 Å². The molecule has 3 N–H and O–H groups in total. The number of benzene rings is 1. The highest BCUT2D eigenvalue weighted by molar-refractivity contribution is 5.69. The van der Waals surface area contributed by atoms with Crippen molar-refractivity contribution in [3.8, 4) is 0 Å². The molecule has 3 aliphatic heterocycles. The van der Waals surface area contributed by atoms with E-state index in [1.165, 1.54) is 36.9 Å². The lowest BCUT2D eigenvalue weighted by atomic mass is 9.86. The molecule has 0 radical (unpaired) electrons. The van der Waals surface area contributed by atoms with Crippen LogP contribution in [0.3, 0.4) is 0 Å². The molecule has 1 aromatic carbocycles. The van der Waals surface area contributed by atoms with Gasteiger partial charge in [0.2, 0.25) is 0 Å². The predicted octanol–water partition coefficient (Wildman–Crippen LogP) is 3.67. The van der Waals surface area contributed by atoms with Gasteiger partial charge in [0.1, 0.15) is 5.82 Å². The van der Waals surface area contributed by atoms with Gasteiger partial charge >= 0.3 is 0 Å². The normalized spacial score (nSPS) is 22.8. The molecule has 1 spiro atoms. The van der Waals surface area contributed by atoms with Gasteiger partial charge in [0.15, 0.2) is 0 Å². The second-order valence-corrected chi connectivity index (χ2v) is 9.52. The fraction of sp³-hybridized carbons (Fsp3) is 0.500. The van der Waals surface area contributed by atoms with Gasteiger partial charge < -0.3 is 25.6 Å². The van der Waals surface area contributed by atoms with Gasteiger partial charge in [-0.25, -0.2) is 4.98 Å². The molecule has 32 heavy (non-hydrogen) atoms. The summed E-state index contributed by atoms with van der Waals surface area (Å²) in [7, 11) is 0. The monoisotopic (exact) mass is 433 g/mol. The first-order valence-electron chi connectivity index (χ1n) is 12.0. The zero-order valence-electron chi connectivity index (χ0n) is 19.1. The van der Waals surface area contributed by atoms with Crippen molar-refractivity contribution >= 4 is 17.2 Å². The number of pyridine rings is 1. The Morgan fingerprint density at radius 1 is 1.25 bits per heavy atom. The van der Waals surface area contributed by atoms with Crippen LogP contribution in [0, 0.1) is 6.92 Å². The summed E-state index contributed by atoms with van der Waals surface area (Å²) in [5.41, 5.74) is 11.0. The number of rotatable bonds is 6. The van der Waals surface area contributed by atoms with E-state index in [1.807, 2.05) is 18.5 Å². The summed E-state index contributed by atoms with van der Waals surface area (Å²) in [5, 5.41) is 3.36. The first-order chi connectivity index (χ1) is 15.6. The highest BCUT2D eigenvalue weighted by Crippen LogP contribution is 2.42. The summed E-state index contributed by atoms with van der Waals surface area (Å²) in [5.74, 6) is 1.11. The summed E-state index contributed by atoms with van der Waals surface area (Å²) < 4.78 is 5.78. The lowest BCUT2D eigenvalue weighted by Crippen LogP contribution is -2.68. The molecule has 3 aliphatic rings. The molecule has 1 unspecified atom stereocenters. The molecule has 3 fully saturated rings. The van der Waals surface area contributed by atoms with Crippen LogP contribution >= 0.6 is 0 Å². The number of anilines is 2. The van der Waals surface area contributed by atoms with E-state index in [1.54, 1.807) is 0 Å². The minimum Gasteiger partial charge on any atom is -0.397 e. The molecule has 5 rings (SSSR count). The van der Waals surface area contributed by atoms with Crippen LogP contribution in [0.25, 0.3) is 5.70 Å². The average Bonchev–Trinajstić information content (AvgIpc) is 3.25. The van der Waals surface area contributed by atoms with Crippen molar-refractivity contribution in [1.29, 1.82) is 0 Å². The summed E-state index contributed by atoms with van der Waals surface area (Å²) >= 11 is 0. The van der Waals surface area contributed by atoms with E-state index < -0.39 is 0 Å². The van der Waals surface area contributed by atoms with Gasteiger partial charge in [-0.1, -0.05) is 12.1 Å². The van der Waals surface area contributed by atoms with Crippen molar-refractivity contribution in [2.45, 2.75) is 50.7 Å². The second-order valence-electron chi connectivity index (χ2n) is 9.52. The van der Waals surface area contributed by atoms with E-state index in [4.69, 9.17) is 10.5 Å². The number of hydrogen-bond acceptors (Lipinski definition) is 6. The first-order valence-corrected chi connectivity index (χ1v) is 12.0. The van der Waals surface area contributed by atoms with Gasteiger partial charge in [-0.3, -0.25) is 0 Å². The van der Waals surface area contributed by atoms with E-state index in [2.05, 4.69) is 57.4 Å². The molecule has 1 atom stereocenters. The molecule has 0 bridgehead atoms. The lowest BCUT2D eigenvalue weighted by molar-refractivity contribution is 0.0188. The van der Waals surface area contributed by atoms with Crippen molar-refractivity contribution in [1.82, 2.24) is 10.3 Å². The zero-order chi connectivity index (χ0) is 22.0. The number of ether oxygens (including phenoxy) is 1. The summed E-state index contributed by atoms with van der Waals surface area (Å²) in [6.45, 7) is 7.05. The maximum atomic E-state index is 6.39. The van der Waals surface area contributed by atoms with Crippen LogP contribution in [-0.2, 0) is 4.74 Å². The standard InChI is InChI=1S/C26H35N5O/c1-20-15-21(9-10-23(20)24(27)17-28-16-22-7-3-5-14-32-22)30-18-26(19-30)11-6-13-31(26)25-8-2-4-12-29-25/h2,4,8-10,12,15,17,22,28H,3,5-7,11,13-14,16,18-19,27H2,1H3/b24-17-. The molecule has 6 heteroatoms. The Balaban J connectivity index is 1.21. The molecule has 6 nitrogen and oxygen atoms in total. The Kier molecular flexibility index (Phi) is 5.96. The molecule has 0 aliphatic carbocycles. The third-order valence-corrected chi connectivity index (χ3v) is 7.26. The van der Waals surface area contributed by atoms with E-state index >= 15 is 0 Å². The van der Waals surface area contributed by atoms with Crippen LogP contribution in [-0.4, -0.2) is 49.4 Å². The van der Waals surface area contributed by atoms with E-state index in [0.29, 0.717) is 6.10 Å². The van der Waals surface area contributed by atoms with Crippen LogP contribution in [0.4, 0.5) is 11.5 Å². The van der Waals surface area contributed by atoms with Gasteiger partial charge in [0.05, 0.1) is 17.3 Å². The van der Waals surface area contributed by atoms with Gasteiger partial charge in [-0.2, -0.15) is 0 Å². The van der Waals surface area contributed by atoms with Crippen LogP contribution in [0.2, 0.25) is 0 Å². The van der Waals surface area contributed by atoms with Crippen molar-refractivity contribution in [3.05, 3.63) is 59.9 Å². The van der Waals surface area contributed by atoms with Gasteiger partial charge in [-0.05, 0) is 68.9 Å². The second kappa shape index (κ2) is 9.02. The average molecular weight is 434 g/mol. The molecule has 0 amide bonds. The van der Waals surface area contributed by atoms with Crippen LogP contribution in [0.5, 0.6) is 0 Å². The van der Waals surface area contributed by atoms with Gasteiger partial charge in [0, 0.05) is 56.4 Å². The fourth-order valence-electron chi connectivity index (χ4n) is 5.50. The maximum absolute atomic E-state index is 6.39. The van der Waals surface area contributed by atoms with Crippen LogP contribution in [0.1, 0.15) is 43.2 Å². The Bertz CT molecular complexity index is 948. The topological polar surface area (TPSA) is 66.7 Å². The first kappa shape index (κ1) is 21.1. The number of aromatic nitrogens is 1. The third kappa shape index (κ3) is 4.16. The smallest absolute Gasteiger partial charge is 0.129 e. The van der Waals surface area contributed by atoms with Crippen molar-refractivity contribution < 1.29 is 4.74 Å². The molecule has 170 valence electrons. The Hall–Kier alpha value is -2.73. The largest absolute Gasteiger partial charge is 0.397 e. The number of aryl methyl sites for hydroxylation is 1. The number of hydrogen-bond donors (Lipinski definition) is 2. The van der Waals surface area contributed by atoms with E-state index in [9.17, 15) is 0 Å². The SMILES string of the molecule is Cc1cc(N2CC3(CCCN3c3ccccn3)C2)ccc1/C(N)=C/NCC1CCCCO1. The molecule has 1 aromatic heterocycles. The molecular formula is C26H35N5O. The van der Waals surface area contributed by atoms with Gasteiger partial charge in [0.25, 0.3) is 0 Å². The Morgan fingerprint density at radius 2 is 2.16 bits per heavy atom. The minimum atomic E-state index is 0.227. The molecular weight excluding hydrogens is 398 g/mol. The molecule has 4 heterocycles. The van der Waals surface area contributed by atoms with Crippen molar-refractivity contribution in [2.75, 3.05) is 42.6 Å². The van der Waals surface area contributed by atoms with Gasteiger partial charge in [-0.15, -0.1) is 0 Å². The zero-order valence-corrected chi connectivity index (χ0v) is 19.1. The van der Waals surface area contributed by atoms with Crippen molar-refractivity contribution in [2.24, 2.45) is 5.73 Å². The Labute approximate surface area is 191 Å². The number of nitrogens with zero attached hydrogens (tertiary/aromatic N) is 3. The number of nitrogens with one attached hydrogen (secondary N) is 1. The highest BCUT2D eigenvalue weighted by atomic mass is 16.5. The third-order valence-electron chi connectivity index (χ3n) is 7.26. The fourth-order valence-corrected chi connectivity index (χ4v) is 5.50. The minimum absolute atomic E-state index is 0.227. The molecule has 3 saturated heterocycles. The summed E-state index contributed by atoms with van der Waals surface area (Å²) in [6, 6.07) is 12.8. The van der Waals surface area contributed by atoms with Crippen LogP contribution < -0.4 is 20.9 Å². The quantitative estimate of drug-likeness (QED) is 0.725. The lowest BCUT2D eigenvalue weighted by Gasteiger charge is -2.54. The molecule has 2 aromatic rings. The predicted molar refractivity (Wildman–Crippen MR) is 131 cm³/mol. The summed E-state index contributed by atoms with van der Waals surface area (Å²) in [6.07, 6.45) is 10.2. The maximum Gasteiger partial charge on any atom is 0.129 e. The van der Waals surface area contributed by atoms with E-state index in [-0.39, 0.29) is 5.54 Å². The van der Waals surface area contributed by atoms with Crippen molar-refractivity contribution in [3.63, 3.8) is 0 Å². The van der Waals surface area contributed by atoms with E-state index in [0.717, 1.165) is 56.3 Å². The summed E-state index contributed by atoms with van der Waals surface area (Å²) in [4.78, 5) is 9.61. The highest BCUT2D eigenvalue weighted by Gasteiger charge is 2.50. The molecule has 0 saturated carbocycles. The number of nitrogens with two attached hydrogens (primary N) is 1.